The number of benzene rings is 2. The van der Waals surface area contributed by atoms with Crippen molar-refractivity contribution in [2.45, 2.75) is 39.5 Å². The topological polar surface area (TPSA) is 50.2 Å². The molecule has 168 valence electrons. The number of hydrogen-bond acceptors (Lipinski definition) is 3. The molecule has 0 saturated carbocycles. The highest BCUT2D eigenvalue weighted by molar-refractivity contribution is 5.79. The van der Waals surface area contributed by atoms with Crippen molar-refractivity contribution in [3.63, 3.8) is 0 Å². The van der Waals surface area contributed by atoms with Gasteiger partial charge in [-0.2, -0.15) is 0 Å². The summed E-state index contributed by atoms with van der Waals surface area (Å²) in [4.78, 5) is 19.7. The zero-order valence-electron chi connectivity index (χ0n) is 19.0. The van der Waals surface area contributed by atoms with Crippen LogP contribution in [0.25, 0.3) is 11.3 Å². The molecule has 1 fully saturated rings. The summed E-state index contributed by atoms with van der Waals surface area (Å²) in [6.07, 6.45) is 0.932. The van der Waals surface area contributed by atoms with Crippen molar-refractivity contribution < 1.29 is 9.18 Å². The molecule has 2 atom stereocenters. The van der Waals surface area contributed by atoms with E-state index in [1.54, 1.807) is 4.90 Å². The molecule has 1 aliphatic heterocycles. The van der Waals surface area contributed by atoms with Crippen molar-refractivity contribution in [1.29, 1.82) is 0 Å². The summed E-state index contributed by atoms with van der Waals surface area (Å²) in [7, 11) is 0. The van der Waals surface area contributed by atoms with Gasteiger partial charge in [0.1, 0.15) is 12.0 Å². The Balaban J connectivity index is 1.83. The van der Waals surface area contributed by atoms with Crippen LogP contribution in [-0.2, 0) is 11.3 Å². The summed E-state index contributed by atoms with van der Waals surface area (Å²) in [6, 6.07) is 19.8. The van der Waals surface area contributed by atoms with Crippen LogP contribution in [-0.4, -0.2) is 46.2 Å². The van der Waals surface area contributed by atoms with Crippen molar-refractivity contribution in [3.8, 4) is 11.3 Å². The minimum Gasteiger partial charge on any atom is -0.328 e. The highest BCUT2D eigenvalue weighted by Crippen LogP contribution is 2.39. The Morgan fingerprint density at radius 3 is 2.41 bits per heavy atom. The fourth-order valence-electron chi connectivity index (χ4n) is 4.36. The standard InChI is InChI=1S/C26H31FN4O/c1-26(2,3)24(31-17-21(27)14-28-15-23(31)32)25-29-22(20-12-8-5-9-13-20)18-30(25)16-19-10-6-4-7-11-19/h4-13,18,21,24,28H,14-17H2,1-3H3/t21-,24-/m0/s1. The lowest BCUT2D eigenvalue weighted by Crippen LogP contribution is -2.45. The fraction of sp³-hybridized carbons (Fsp3) is 0.385. The van der Waals surface area contributed by atoms with Crippen LogP contribution in [0.1, 0.15) is 38.2 Å². The van der Waals surface area contributed by atoms with Gasteiger partial charge in [-0.25, -0.2) is 9.37 Å². The smallest absolute Gasteiger partial charge is 0.237 e. The van der Waals surface area contributed by atoms with Gasteiger partial charge in [0.05, 0.1) is 24.8 Å². The molecule has 0 radical (unpaired) electrons. The van der Waals surface area contributed by atoms with E-state index in [9.17, 15) is 9.18 Å². The molecule has 6 heteroatoms. The van der Waals surface area contributed by atoms with Crippen LogP contribution < -0.4 is 5.32 Å². The summed E-state index contributed by atoms with van der Waals surface area (Å²) >= 11 is 0. The van der Waals surface area contributed by atoms with E-state index in [1.807, 2.05) is 54.7 Å². The lowest BCUT2D eigenvalue weighted by atomic mass is 9.84. The Labute approximate surface area is 189 Å². The summed E-state index contributed by atoms with van der Waals surface area (Å²) in [6.45, 7) is 7.26. The zero-order chi connectivity index (χ0) is 22.7. The summed E-state index contributed by atoms with van der Waals surface area (Å²) in [5, 5.41) is 2.93. The Morgan fingerprint density at radius 2 is 1.75 bits per heavy atom. The first-order valence-corrected chi connectivity index (χ1v) is 11.1. The largest absolute Gasteiger partial charge is 0.328 e. The Kier molecular flexibility index (Phi) is 6.42. The molecule has 1 amide bonds. The number of carbonyl (C=O) groups is 1. The molecule has 32 heavy (non-hydrogen) atoms. The van der Waals surface area contributed by atoms with Crippen LogP contribution in [0.3, 0.4) is 0 Å². The quantitative estimate of drug-likeness (QED) is 0.645. The number of carbonyl (C=O) groups excluding carboxylic acids is 1. The van der Waals surface area contributed by atoms with E-state index in [2.05, 4.69) is 42.8 Å². The van der Waals surface area contributed by atoms with Gasteiger partial charge in [0.2, 0.25) is 5.91 Å². The van der Waals surface area contributed by atoms with Gasteiger partial charge in [-0.15, -0.1) is 0 Å². The molecular weight excluding hydrogens is 403 g/mol. The van der Waals surface area contributed by atoms with Gasteiger partial charge >= 0.3 is 0 Å². The predicted octanol–water partition coefficient (Wildman–Crippen LogP) is 4.46. The number of aromatic nitrogens is 2. The van der Waals surface area contributed by atoms with E-state index in [1.165, 1.54) is 0 Å². The third-order valence-corrected chi connectivity index (χ3v) is 5.81. The average Bonchev–Trinajstić information content (AvgIpc) is 3.08. The molecular formula is C26H31FN4O. The van der Waals surface area contributed by atoms with Gasteiger partial charge in [0, 0.05) is 24.8 Å². The summed E-state index contributed by atoms with van der Waals surface area (Å²) in [5.74, 6) is 0.684. The number of halogens is 1. The minimum atomic E-state index is -1.11. The van der Waals surface area contributed by atoms with E-state index in [-0.39, 0.29) is 37.0 Å². The molecule has 0 spiro atoms. The number of alkyl halides is 1. The van der Waals surface area contributed by atoms with Crippen LogP contribution in [0, 0.1) is 5.41 Å². The summed E-state index contributed by atoms with van der Waals surface area (Å²) in [5.41, 5.74) is 2.67. The number of imidazole rings is 1. The van der Waals surface area contributed by atoms with Crippen molar-refractivity contribution >= 4 is 5.91 Å². The van der Waals surface area contributed by atoms with E-state index < -0.39 is 6.17 Å². The second kappa shape index (κ2) is 9.25. The number of amides is 1. The molecule has 5 nitrogen and oxygen atoms in total. The molecule has 1 N–H and O–H groups in total. The molecule has 3 aromatic rings. The van der Waals surface area contributed by atoms with Crippen LogP contribution in [0.15, 0.2) is 66.9 Å². The maximum atomic E-state index is 14.6. The molecule has 1 aromatic heterocycles. The van der Waals surface area contributed by atoms with Gasteiger partial charge in [-0.05, 0) is 11.0 Å². The molecule has 4 rings (SSSR count). The van der Waals surface area contributed by atoms with Gasteiger partial charge in [-0.1, -0.05) is 81.4 Å². The van der Waals surface area contributed by atoms with Gasteiger partial charge in [0.25, 0.3) is 0 Å². The normalized spacial score (nSPS) is 18.4. The molecule has 0 unspecified atom stereocenters. The monoisotopic (exact) mass is 434 g/mol. The molecule has 1 saturated heterocycles. The lowest BCUT2D eigenvalue weighted by Gasteiger charge is -2.39. The van der Waals surface area contributed by atoms with E-state index >= 15 is 0 Å². The first-order valence-electron chi connectivity index (χ1n) is 11.1. The highest BCUT2D eigenvalue weighted by atomic mass is 19.1. The number of nitrogens with one attached hydrogen (secondary N) is 1. The lowest BCUT2D eigenvalue weighted by molar-refractivity contribution is -0.135. The second-order valence-electron chi connectivity index (χ2n) is 9.51. The molecule has 0 aliphatic carbocycles. The predicted molar refractivity (Wildman–Crippen MR) is 125 cm³/mol. The Hall–Kier alpha value is -2.99. The van der Waals surface area contributed by atoms with Crippen LogP contribution >= 0.6 is 0 Å². The van der Waals surface area contributed by atoms with Crippen LogP contribution in [0.4, 0.5) is 4.39 Å². The first-order chi connectivity index (χ1) is 15.3. The second-order valence-corrected chi connectivity index (χ2v) is 9.51. The number of hydrogen-bond donors (Lipinski definition) is 1. The average molecular weight is 435 g/mol. The van der Waals surface area contributed by atoms with Crippen molar-refractivity contribution in [2.75, 3.05) is 19.6 Å². The Morgan fingerprint density at radius 1 is 1.09 bits per heavy atom. The first kappa shape index (κ1) is 22.2. The van der Waals surface area contributed by atoms with Gasteiger partial charge in [-0.3, -0.25) is 4.79 Å². The molecule has 2 aromatic carbocycles. The van der Waals surface area contributed by atoms with Crippen LogP contribution in [0.5, 0.6) is 0 Å². The highest BCUT2D eigenvalue weighted by Gasteiger charge is 2.40. The van der Waals surface area contributed by atoms with E-state index in [4.69, 9.17) is 4.98 Å². The molecule has 1 aliphatic rings. The number of rotatable bonds is 5. The van der Waals surface area contributed by atoms with Crippen LogP contribution in [0.2, 0.25) is 0 Å². The van der Waals surface area contributed by atoms with Gasteiger partial charge in [0.15, 0.2) is 0 Å². The fourth-order valence-corrected chi connectivity index (χ4v) is 4.36. The Bertz CT molecular complexity index is 1040. The minimum absolute atomic E-state index is 0.0621. The van der Waals surface area contributed by atoms with E-state index in [0.717, 1.165) is 22.6 Å². The third kappa shape index (κ3) is 4.91. The van der Waals surface area contributed by atoms with Gasteiger partial charge < -0.3 is 14.8 Å². The number of nitrogens with zero attached hydrogens (tertiary/aromatic N) is 3. The maximum Gasteiger partial charge on any atom is 0.237 e. The van der Waals surface area contributed by atoms with E-state index in [0.29, 0.717) is 6.54 Å². The van der Waals surface area contributed by atoms with Crippen molar-refractivity contribution in [3.05, 3.63) is 78.2 Å². The maximum absolute atomic E-state index is 14.6. The van der Waals surface area contributed by atoms with Crippen molar-refractivity contribution in [2.24, 2.45) is 5.41 Å². The molecule has 2 heterocycles. The summed E-state index contributed by atoms with van der Waals surface area (Å²) < 4.78 is 16.7. The zero-order valence-corrected chi connectivity index (χ0v) is 19.0. The molecule has 0 bridgehead atoms. The SMILES string of the molecule is CC(C)(C)[C@H](c1nc(-c2ccccc2)cn1Cc1ccccc1)N1C[C@@H](F)CNCC1=O. The van der Waals surface area contributed by atoms with Crippen molar-refractivity contribution in [1.82, 2.24) is 19.8 Å². The third-order valence-electron chi connectivity index (χ3n) is 5.81.